The van der Waals surface area contributed by atoms with Gasteiger partial charge in [-0.1, -0.05) is 65.7 Å². The van der Waals surface area contributed by atoms with Crippen LogP contribution in [0.2, 0.25) is 0 Å². The Morgan fingerprint density at radius 2 is 1.65 bits per heavy atom. The van der Waals surface area contributed by atoms with Crippen molar-refractivity contribution in [3.8, 4) is 0 Å². The second kappa shape index (κ2) is 6.49. The standard InChI is InChI=1S/C23H20BrNO6/c1-2-3-12-25-20(27)18(26)17-19(13-8-10-14(24)11-9-13)31-23(30)16-7-5-4-6-15(16)22(28,29)21(17,23)25/h4-11,28-30H,2-3,12H2,1H3/t21-,23-/m0/s1. The summed E-state index contributed by atoms with van der Waals surface area (Å²) in [5.41, 5.74) is -1.91. The van der Waals surface area contributed by atoms with Crippen LogP contribution in [0.25, 0.3) is 5.76 Å². The average Bonchev–Trinajstić information content (AvgIpc) is 3.22. The van der Waals surface area contributed by atoms with Crippen molar-refractivity contribution in [3.63, 3.8) is 0 Å². The third kappa shape index (κ3) is 2.23. The molecule has 2 atom stereocenters. The van der Waals surface area contributed by atoms with Crippen LogP contribution in [-0.2, 0) is 25.9 Å². The maximum absolute atomic E-state index is 13.3. The summed E-state index contributed by atoms with van der Waals surface area (Å²) < 4.78 is 6.82. The summed E-state index contributed by atoms with van der Waals surface area (Å²) in [6.45, 7) is 1.97. The Hall–Kier alpha value is -2.52. The number of hydrogen-bond acceptors (Lipinski definition) is 6. The number of ketones is 1. The zero-order valence-electron chi connectivity index (χ0n) is 16.6. The second-order valence-electron chi connectivity index (χ2n) is 8.02. The molecule has 1 spiro atoms. The van der Waals surface area contributed by atoms with E-state index in [9.17, 15) is 24.9 Å². The van der Waals surface area contributed by atoms with E-state index in [0.29, 0.717) is 18.4 Å². The van der Waals surface area contributed by atoms with Gasteiger partial charge in [0.15, 0.2) is 0 Å². The topological polar surface area (TPSA) is 107 Å². The Balaban J connectivity index is 1.86. The quantitative estimate of drug-likeness (QED) is 0.452. The van der Waals surface area contributed by atoms with Crippen molar-refractivity contribution < 1.29 is 29.6 Å². The molecule has 0 saturated carbocycles. The Kier molecular flexibility index (Phi) is 4.27. The van der Waals surface area contributed by atoms with E-state index in [-0.39, 0.29) is 29.0 Å². The molecule has 0 aromatic heterocycles. The molecule has 3 aliphatic rings. The van der Waals surface area contributed by atoms with E-state index >= 15 is 0 Å². The fourth-order valence-corrected chi connectivity index (χ4v) is 5.35. The molecule has 1 saturated heterocycles. The van der Waals surface area contributed by atoms with Gasteiger partial charge in [0, 0.05) is 27.7 Å². The summed E-state index contributed by atoms with van der Waals surface area (Å²) in [5, 5.41) is 34.9. The van der Waals surface area contributed by atoms with Gasteiger partial charge in [-0.05, 0) is 18.6 Å². The summed E-state index contributed by atoms with van der Waals surface area (Å²) in [7, 11) is 0. The molecule has 2 aromatic rings. The molecule has 160 valence electrons. The van der Waals surface area contributed by atoms with Crippen molar-refractivity contribution >= 4 is 33.4 Å². The maximum atomic E-state index is 13.3. The first-order valence-electron chi connectivity index (χ1n) is 10.0. The minimum atomic E-state index is -2.75. The zero-order chi connectivity index (χ0) is 22.2. The summed E-state index contributed by atoms with van der Waals surface area (Å²) in [6, 6.07) is 13.0. The number of likely N-dealkylation sites (tertiary alicyclic amines) is 1. The summed E-state index contributed by atoms with van der Waals surface area (Å²) in [5.74, 6) is -6.93. The number of fused-ring (bicyclic) bond motifs is 2. The highest BCUT2D eigenvalue weighted by atomic mass is 79.9. The molecule has 31 heavy (non-hydrogen) atoms. The summed E-state index contributed by atoms with van der Waals surface area (Å²) in [6.07, 6.45) is 1.20. The lowest BCUT2D eigenvalue weighted by Crippen LogP contribution is -2.66. The van der Waals surface area contributed by atoms with E-state index in [4.69, 9.17) is 4.74 Å². The van der Waals surface area contributed by atoms with Gasteiger partial charge in [0.05, 0.1) is 5.57 Å². The molecular weight excluding hydrogens is 466 g/mol. The van der Waals surface area contributed by atoms with E-state index in [1.165, 1.54) is 12.1 Å². The number of Topliss-reactive ketones (excluding diaryl/α,β-unsaturated/α-hetero) is 1. The monoisotopic (exact) mass is 485 g/mol. The number of ether oxygens (including phenoxy) is 1. The molecule has 1 amide bonds. The molecule has 0 unspecified atom stereocenters. The fourth-order valence-electron chi connectivity index (χ4n) is 5.09. The van der Waals surface area contributed by atoms with Crippen LogP contribution in [0, 0.1) is 0 Å². The second-order valence-corrected chi connectivity index (χ2v) is 8.94. The van der Waals surface area contributed by atoms with Crippen molar-refractivity contribution in [2.45, 2.75) is 36.9 Å². The molecule has 7 nitrogen and oxygen atoms in total. The zero-order valence-corrected chi connectivity index (χ0v) is 18.2. The Morgan fingerprint density at radius 1 is 1.00 bits per heavy atom. The van der Waals surface area contributed by atoms with Gasteiger partial charge in [-0.25, -0.2) is 0 Å². The SMILES string of the molecule is CCCCN1C(=O)C(=O)C2=C(c3ccc(Br)cc3)O[C@@]3(O)c4ccccc4C(O)(O)[C@]213. The first kappa shape index (κ1) is 20.4. The molecule has 2 aromatic carbocycles. The Morgan fingerprint density at radius 3 is 2.29 bits per heavy atom. The van der Waals surface area contributed by atoms with E-state index in [0.717, 1.165) is 9.37 Å². The van der Waals surface area contributed by atoms with E-state index in [2.05, 4.69) is 15.9 Å². The highest BCUT2D eigenvalue weighted by Crippen LogP contribution is 2.67. The van der Waals surface area contributed by atoms with Crippen molar-refractivity contribution in [2.75, 3.05) is 6.54 Å². The van der Waals surface area contributed by atoms with Crippen molar-refractivity contribution in [2.24, 2.45) is 0 Å². The van der Waals surface area contributed by atoms with Gasteiger partial charge >= 0.3 is 0 Å². The largest absolute Gasteiger partial charge is 0.454 e. The molecule has 1 aliphatic carbocycles. The van der Waals surface area contributed by atoms with Gasteiger partial charge in [0.1, 0.15) is 5.76 Å². The van der Waals surface area contributed by atoms with Crippen LogP contribution >= 0.6 is 15.9 Å². The summed E-state index contributed by atoms with van der Waals surface area (Å²) >= 11 is 3.35. The molecular formula is C23H20BrNO6. The third-order valence-corrected chi connectivity index (χ3v) is 6.94. The number of amides is 1. The van der Waals surface area contributed by atoms with Gasteiger partial charge in [0.2, 0.25) is 11.3 Å². The average molecular weight is 486 g/mol. The van der Waals surface area contributed by atoms with Gasteiger partial charge in [0.25, 0.3) is 17.5 Å². The van der Waals surface area contributed by atoms with Crippen LogP contribution in [-0.4, -0.2) is 44.0 Å². The number of rotatable bonds is 4. The molecule has 0 bridgehead atoms. The lowest BCUT2D eigenvalue weighted by atomic mass is 9.78. The number of unbranched alkanes of at least 4 members (excludes halogenated alkanes) is 1. The number of hydrogen-bond donors (Lipinski definition) is 3. The Bertz CT molecular complexity index is 1160. The van der Waals surface area contributed by atoms with Crippen LogP contribution < -0.4 is 0 Å². The lowest BCUT2D eigenvalue weighted by molar-refractivity contribution is -0.312. The van der Waals surface area contributed by atoms with E-state index in [1.54, 1.807) is 36.4 Å². The van der Waals surface area contributed by atoms with Gasteiger partial charge in [-0.2, -0.15) is 0 Å². The maximum Gasteiger partial charge on any atom is 0.296 e. The molecule has 3 N–H and O–H groups in total. The van der Waals surface area contributed by atoms with Crippen molar-refractivity contribution in [1.82, 2.24) is 4.90 Å². The molecule has 5 rings (SSSR count). The number of carbonyl (C=O) groups is 2. The predicted molar refractivity (Wildman–Crippen MR) is 113 cm³/mol. The molecule has 8 heteroatoms. The fraction of sp³-hybridized carbons (Fsp3) is 0.304. The minimum absolute atomic E-state index is 0.00569. The van der Waals surface area contributed by atoms with E-state index < -0.39 is 28.8 Å². The minimum Gasteiger partial charge on any atom is -0.454 e. The molecule has 2 aliphatic heterocycles. The van der Waals surface area contributed by atoms with E-state index in [1.807, 2.05) is 6.92 Å². The molecule has 0 radical (unpaired) electrons. The number of carbonyl (C=O) groups excluding carboxylic acids is 2. The smallest absolute Gasteiger partial charge is 0.296 e. The van der Waals surface area contributed by atoms with Gasteiger partial charge in [-0.15, -0.1) is 0 Å². The number of aliphatic hydroxyl groups is 3. The molecule has 1 fully saturated rings. The summed E-state index contributed by atoms with van der Waals surface area (Å²) in [4.78, 5) is 27.5. The molecule has 2 heterocycles. The first-order valence-corrected chi connectivity index (χ1v) is 10.8. The number of halogens is 1. The van der Waals surface area contributed by atoms with Gasteiger partial charge in [-0.3, -0.25) is 9.59 Å². The van der Waals surface area contributed by atoms with Crippen LogP contribution in [0.3, 0.4) is 0 Å². The Labute approximate surface area is 186 Å². The van der Waals surface area contributed by atoms with Crippen LogP contribution in [0.1, 0.15) is 36.5 Å². The highest BCUT2D eigenvalue weighted by molar-refractivity contribution is 9.10. The normalized spacial score (nSPS) is 28.0. The first-order chi connectivity index (χ1) is 14.7. The lowest BCUT2D eigenvalue weighted by Gasteiger charge is -2.45. The van der Waals surface area contributed by atoms with Crippen LogP contribution in [0.5, 0.6) is 0 Å². The predicted octanol–water partition coefficient (Wildman–Crippen LogP) is 2.14. The highest BCUT2D eigenvalue weighted by Gasteiger charge is 2.84. The van der Waals surface area contributed by atoms with Gasteiger partial charge < -0.3 is 25.0 Å². The van der Waals surface area contributed by atoms with Crippen molar-refractivity contribution in [1.29, 1.82) is 0 Å². The van der Waals surface area contributed by atoms with Crippen LogP contribution in [0.15, 0.2) is 58.6 Å². The van der Waals surface area contributed by atoms with Crippen LogP contribution in [0.4, 0.5) is 0 Å². The number of benzene rings is 2. The third-order valence-electron chi connectivity index (χ3n) is 6.41. The number of nitrogens with zero attached hydrogens (tertiary/aromatic N) is 1. The van der Waals surface area contributed by atoms with Crippen molar-refractivity contribution in [3.05, 3.63) is 75.3 Å².